The summed E-state index contributed by atoms with van der Waals surface area (Å²) in [7, 11) is 5.42. The van der Waals surface area contributed by atoms with Crippen LogP contribution in [0.2, 0.25) is 0 Å². The van der Waals surface area contributed by atoms with Gasteiger partial charge in [0.15, 0.2) is 0 Å². The molecule has 4 rings (SSSR count). The second-order valence-corrected chi connectivity index (χ2v) is 9.27. The van der Waals surface area contributed by atoms with Gasteiger partial charge < -0.3 is 24.4 Å². The van der Waals surface area contributed by atoms with E-state index in [1.54, 1.807) is 31.4 Å². The number of benzene rings is 3. The van der Waals surface area contributed by atoms with Gasteiger partial charge in [0.1, 0.15) is 18.1 Å². The quantitative estimate of drug-likeness (QED) is 0.261. The molecule has 1 saturated heterocycles. The van der Waals surface area contributed by atoms with Gasteiger partial charge in [-0.15, -0.1) is 0 Å². The largest absolute Gasteiger partial charge is 0.507 e. The Bertz CT molecular complexity index is 1300. The topological polar surface area (TPSA) is 79.3 Å². The van der Waals surface area contributed by atoms with Crippen molar-refractivity contribution in [2.24, 2.45) is 0 Å². The lowest BCUT2D eigenvalue weighted by atomic mass is 9.95. The van der Waals surface area contributed by atoms with Gasteiger partial charge in [-0.05, 0) is 54.4 Å². The number of methoxy groups -OCH3 is 1. The minimum absolute atomic E-state index is 0.0622. The first-order chi connectivity index (χ1) is 17.8. The van der Waals surface area contributed by atoms with Crippen molar-refractivity contribution in [1.82, 2.24) is 4.90 Å². The average Bonchev–Trinajstić information content (AvgIpc) is 3.15. The number of carbonyl (C=O) groups is 2. The standard InChI is InChI=1S/C30H32N2O5/c1-20-6-5-7-21(18-20)19-37-25-14-10-23(11-15-25)28(33)26-27(22-8-12-24(13-9-22)31(2)3)32(16-17-36-4)30(35)29(26)34/h5-15,18,27,33H,16-17,19H2,1-4H3/b28-26+/t27-/m1/s1. The summed E-state index contributed by atoms with van der Waals surface area (Å²) in [5.74, 6) is -0.951. The Morgan fingerprint density at radius 2 is 1.70 bits per heavy atom. The minimum Gasteiger partial charge on any atom is -0.507 e. The molecule has 1 heterocycles. The lowest BCUT2D eigenvalue weighted by molar-refractivity contribution is -0.140. The summed E-state index contributed by atoms with van der Waals surface area (Å²) >= 11 is 0. The van der Waals surface area contributed by atoms with E-state index in [0.717, 1.165) is 22.4 Å². The number of carbonyl (C=O) groups excluding carboxylic acids is 2. The molecule has 7 nitrogen and oxygen atoms in total. The smallest absolute Gasteiger partial charge is 0.295 e. The first-order valence-electron chi connectivity index (χ1n) is 12.1. The molecule has 1 aliphatic heterocycles. The van der Waals surface area contributed by atoms with Crippen LogP contribution in [0, 0.1) is 6.92 Å². The number of hydrogen-bond donors (Lipinski definition) is 1. The summed E-state index contributed by atoms with van der Waals surface area (Å²) in [6.45, 7) is 2.94. The highest BCUT2D eigenvalue weighted by molar-refractivity contribution is 6.46. The fourth-order valence-electron chi connectivity index (χ4n) is 4.43. The van der Waals surface area contributed by atoms with Gasteiger partial charge in [-0.2, -0.15) is 0 Å². The van der Waals surface area contributed by atoms with Crippen LogP contribution >= 0.6 is 0 Å². The predicted molar refractivity (Wildman–Crippen MR) is 144 cm³/mol. The predicted octanol–water partition coefficient (Wildman–Crippen LogP) is 4.71. The van der Waals surface area contributed by atoms with Crippen LogP contribution in [0.3, 0.4) is 0 Å². The molecule has 0 aromatic heterocycles. The number of hydrogen-bond acceptors (Lipinski definition) is 6. The van der Waals surface area contributed by atoms with E-state index in [2.05, 4.69) is 6.07 Å². The van der Waals surface area contributed by atoms with E-state index in [-0.39, 0.29) is 24.5 Å². The lowest BCUT2D eigenvalue weighted by Crippen LogP contribution is -2.32. The molecular weight excluding hydrogens is 468 g/mol. The normalized spacial score (nSPS) is 16.8. The Morgan fingerprint density at radius 1 is 1.00 bits per heavy atom. The molecule has 0 unspecified atom stereocenters. The Balaban J connectivity index is 1.64. The SMILES string of the molecule is COCCN1C(=O)C(=O)/C(=C(/O)c2ccc(OCc3cccc(C)c3)cc2)[C@H]1c1ccc(N(C)C)cc1. The maximum Gasteiger partial charge on any atom is 0.295 e. The fourth-order valence-corrected chi connectivity index (χ4v) is 4.43. The molecule has 37 heavy (non-hydrogen) atoms. The van der Waals surface area contributed by atoms with Crippen molar-refractivity contribution in [2.45, 2.75) is 19.6 Å². The third-order valence-corrected chi connectivity index (χ3v) is 6.42. The summed E-state index contributed by atoms with van der Waals surface area (Å²) in [5, 5.41) is 11.3. The van der Waals surface area contributed by atoms with Crippen LogP contribution in [0.4, 0.5) is 5.69 Å². The highest BCUT2D eigenvalue weighted by atomic mass is 16.5. The number of amides is 1. The van der Waals surface area contributed by atoms with E-state index in [1.807, 2.05) is 68.4 Å². The summed E-state index contributed by atoms with van der Waals surface area (Å²) in [5.41, 5.74) is 4.44. The molecule has 192 valence electrons. The number of aliphatic hydroxyl groups is 1. The van der Waals surface area contributed by atoms with Crippen LogP contribution in [0.25, 0.3) is 5.76 Å². The number of aryl methyl sites for hydroxylation is 1. The highest BCUT2D eigenvalue weighted by Gasteiger charge is 2.45. The molecule has 1 aliphatic rings. The fraction of sp³-hybridized carbons (Fsp3) is 0.267. The number of nitrogens with zero attached hydrogens (tertiary/aromatic N) is 2. The van der Waals surface area contributed by atoms with Gasteiger partial charge in [0.2, 0.25) is 0 Å². The maximum atomic E-state index is 13.1. The zero-order valence-corrected chi connectivity index (χ0v) is 21.6. The molecule has 0 aliphatic carbocycles. The molecule has 1 amide bonds. The van der Waals surface area contributed by atoms with Gasteiger partial charge in [-0.1, -0.05) is 42.0 Å². The van der Waals surface area contributed by atoms with Gasteiger partial charge in [-0.25, -0.2) is 0 Å². The maximum absolute atomic E-state index is 13.1. The van der Waals surface area contributed by atoms with Crippen molar-refractivity contribution in [2.75, 3.05) is 39.3 Å². The number of ketones is 1. The Hall–Kier alpha value is -4.10. The van der Waals surface area contributed by atoms with Gasteiger partial charge in [0, 0.05) is 39.0 Å². The number of likely N-dealkylation sites (tertiary alicyclic amines) is 1. The van der Waals surface area contributed by atoms with Crippen LogP contribution in [0.15, 0.2) is 78.4 Å². The van der Waals surface area contributed by atoms with Crippen LogP contribution in [0.1, 0.15) is 28.3 Å². The van der Waals surface area contributed by atoms with Crippen molar-refractivity contribution in [3.8, 4) is 5.75 Å². The summed E-state index contributed by atoms with van der Waals surface area (Å²) in [6, 6.07) is 21.8. The van der Waals surface area contributed by atoms with E-state index < -0.39 is 17.7 Å². The molecule has 0 bridgehead atoms. The van der Waals surface area contributed by atoms with Crippen molar-refractivity contribution in [3.63, 3.8) is 0 Å². The molecule has 1 N–H and O–H groups in total. The van der Waals surface area contributed by atoms with Crippen molar-refractivity contribution >= 4 is 23.1 Å². The number of anilines is 1. The van der Waals surface area contributed by atoms with Crippen molar-refractivity contribution in [1.29, 1.82) is 0 Å². The molecule has 3 aromatic carbocycles. The Morgan fingerprint density at radius 3 is 2.32 bits per heavy atom. The Kier molecular flexibility index (Phi) is 7.94. The first kappa shape index (κ1) is 26.0. The third-order valence-electron chi connectivity index (χ3n) is 6.42. The van der Waals surface area contributed by atoms with E-state index in [0.29, 0.717) is 17.9 Å². The van der Waals surface area contributed by atoms with Crippen LogP contribution in [0.5, 0.6) is 5.75 Å². The molecule has 0 radical (unpaired) electrons. The molecule has 0 saturated carbocycles. The van der Waals surface area contributed by atoms with Crippen LogP contribution < -0.4 is 9.64 Å². The number of aliphatic hydroxyl groups excluding tert-OH is 1. The molecule has 0 spiro atoms. The molecule has 1 atom stereocenters. The van der Waals surface area contributed by atoms with Gasteiger partial charge in [0.25, 0.3) is 11.7 Å². The average molecular weight is 501 g/mol. The molecule has 1 fully saturated rings. The van der Waals surface area contributed by atoms with E-state index >= 15 is 0 Å². The monoisotopic (exact) mass is 500 g/mol. The van der Waals surface area contributed by atoms with Gasteiger partial charge in [-0.3, -0.25) is 9.59 Å². The second kappa shape index (κ2) is 11.3. The van der Waals surface area contributed by atoms with Gasteiger partial charge >= 0.3 is 0 Å². The second-order valence-electron chi connectivity index (χ2n) is 9.27. The summed E-state index contributed by atoms with van der Waals surface area (Å²) < 4.78 is 11.1. The lowest BCUT2D eigenvalue weighted by Gasteiger charge is -2.25. The van der Waals surface area contributed by atoms with Gasteiger partial charge in [0.05, 0.1) is 18.2 Å². The van der Waals surface area contributed by atoms with Crippen molar-refractivity contribution < 1.29 is 24.2 Å². The Labute approximate surface area is 217 Å². The number of Topliss-reactive ketones (excluding diaryl/α,β-unsaturated/α-hetero) is 1. The summed E-state index contributed by atoms with van der Waals surface area (Å²) in [4.78, 5) is 29.5. The minimum atomic E-state index is -0.719. The summed E-state index contributed by atoms with van der Waals surface area (Å²) in [6.07, 6.45) is 0. The molecule has 3 aromatic rings. The third kappa shape index (κ3) is 5.67. The van der Waals surface area contributed by atoms with Crippen LogP contribution in [-0.4, -0.2) is 56.1 Å². The van der Waals surface area contributed by atoms with E-state index in [9.17, 15) is 14.7 Å². The van der Waals surface area contributed by atoms with E-state index in [1.165, 1.54) is 4.90 Å². The zero-order chi connectivity index (χ0) is 26.5. The van der Waals surface area contributed by atoms with Crippen molar-refractivity contribution in [3.05, 3.63) is 101 Å². The molecule has 7 heteroatoms. The molecular formula is C30H32N2O5. The van der Waals surface area contributed by atoms with E-state index in [4.69, 9.17) is 9.47 Å². The number of rotatable bonds is 9. The number of ether oxygens (including phenoxy) is 2. The zero-order valence-electron chi connectivity index (χ0n) is 21.6. The highest BCUT2D eigenvalue weighted by Crippen LogP contribution is 2.39. The first-order valence-corrected chi connectivity index (χ1v) is 12.1. The van der Waals surface area contributed by atoms with Crippen LogP contribution in [-0.2, 0) is 20.9 Å².